The van der Waals surface area contributed by atoms with Crippen LogP contribution >= 0.6 is 0 Å². The van der Waals surface area contributed by atoms with Crippen molar-refractivity contribution in [1.29, 1.82) is 0 Å². The van der Waals surface area contributed by atoms with Crippen molar-refractivity contribution in [2.75, 3.05) is 0 Å². The van der Waals surface area contributed by atoms with Gasteiger partial charge in [-0.3, -0.25) is 0 Å². The fourth-order valence-corrected chi connectivity index (χ4v) is 3.05. The molecule has 1 aliphatic rings. The van der Waals surface area contributed by atoms with Crippen LogP contribution in [0.25, 0.3) is 0 Å². The van der Waals surface area contributed by atoms with Gasteiger partial charge in [-0.15, -0.1) is 0 Å². The maximum atomic E-state index is 6.03. The van der Waals surface area contributed by atoms with Crippen LogP contribution in [0.1, 0.15) is 52.9 Å². The van der Waals surface area contributed by atoms with Crippen LogP contribution in [0.15, 0.2) is 0 Å². The fourth-order valence-electron chi connectivity index (χ4n) is 3.05. The topological polar surface area (TPSA) is 26.0 Å². The first kappa shape index (κ1) is 10.0. The minimum atomic E-state index is 0.463. The van der Waals surface area contributed by atoms with E-state index in [9.17, 15) is 0 Å². The Balaban J connectivity index is 2.52. The molecule has 0 radical (unpaired) electrons. The molecular weight excluding hydrogens is 146 g/mol. The van der Waals surface area contributed by atoms with Crippen molar-refractivity contribution >= 4 is 0 Å². The lowest BCUT2D eigenvalue weighted by Gasteiger charge is -2.40. The van der Waals surface area contributed by atoms with Crippen LogP contribution in [0.4, 0.5) is 0 Å². The zero-order valence-corrected chi connectivity index (χ0v) is 8.77. The molecule has 1 saturated carbocycles. The summed E-state index contributed by atoms with van der Waals surface area (Å²) in [7, 11) is 0. The largest absolute Gasteiger partial charge is 0.328 e. The first-order chi connectivity index (χ1) is 5.56. The lowest BCUT2D eigenvalue weighted by atomic mass is 9.67. The normalized spacial score (nSPS) is 43.0. The number of hydrogen-bond acceptors (Lipinski definition) is 1. The van der Waals surface area contributed by atoms with Crippen molar-refractivity contribution in [2.45, 2.75) is 58.9 Å². The Morgan fingerprint density at radius 2 is 2.08 bits per heavy atom. The molecule has 2 unspecified atom stereocenters. The van der Waals surface area contributed by atoms with Gasteiger partial charge in [-0.25, -0.2) is 0 Å². The summed E-state index contributed by atoms with van der Waals surface area (Å²) in [5.41, 5.74) is 6.58. The third kappa shape index (κ3) is 2.48. The molecule has 12 heavy (non-hydrogen) atoms. The van der Waals surface area contributed by atoms with E-state index in [4.69, 9.17) is 5.73 Å². The number of hydrogen-bond donors (Lipinski definition) is 1. The van der Waals surface area contributed by atoms with Gasteiger partial charge >= 0.3 is 0 Å². The van der Waals surface area contributed by atoms with Gasteiger partial charge in [-0.2, -0.15) is 0 Å². The van der Waals surface area contributed by atoms with Crippen LogP contribution in [-0.2, 0) is 0 Å². The molecule has 0 aromatic carbocycles. The zero-order valence-electron chi connectivity index (χ0n) is 8.77. The molecule has 0 amide bonds. The van der Waals surface area contributed by atoms with Crippen molar-refractivity contribution in [1.82, 2.24) is 0 Å². The Labute approximate surface area is 76.7 Å². The molecule has 0 saturated heterocycles. The second-order valence-corrected chi connectivity index (χ2v) is 5.07. The molecule has 0 aromatic heterocycles. The van der Waals surface area contributed by atoms with Crippen molar-refractivity contribution in [2.24, 2.45) is 17.1 Å². The molecule has 1 fully saturated rings. The van der Waals surface area contributed by atoms with Crippen molar-refractivity contribution < 1.29 is 0 Å². The van der Waals surface area contributed by atoms with E-state index < -0.39 is 0 Å². The highest BCUT2D eigenvalue weighted by molar-refractivity contribution is 4.87. The molecule has 0 aromatic rings. The molecule has 1 heteroatoms. The van der Waals surface area contributed by atoms with E-state index in [2.05, 4.69) is 20.8 Å². The van der Waals surface area contributed by atoms with Gasteiger partial charge in [-0.05, 0) is 37.0 Å². The van der Waals surface area contributed by atoms with Crippen LogP contribution in [0.3, 0.4) is 0 Å². The summed E-state index contributed by atoms with van der Waals surface area (Å²) in [5, 5.41) is 0. The van der Waals surface area contributed by atoms with Gasteiger partial charge in [0.1, 0.15) is 0 Å². The highest BCUT2D eigenvalue weighted by atomic mass is 14.7. The van der Waals surface area contributed by atoms with Gasteiger partial charge < -0.3 is 5.73 Å². The van der Waals surface area contributed by atoms with E-state index in [1.165, 1.54) is 32.1 Å². The molecule has 0 bridgehead atoms. The van der Waals surface area contributed by atoms with E-state index in [1.807, 2.05) is 0 Å². The minimum Gasteiger partial charge on any atom is -0.328 e. The Morgan fingerprint density at radius 3 is 2.58 bits per heavy atom. The standard InChI is InChI=1S/C11H23N/c1-4-5-11(3)7-9(2)6-10(12)8-11/h9-10H,4-8,12H2,1-3H3/t9-,10?,11?/m1/s1. The van der Waals surface area contributed by atoms with E-state index in [-0.39, 0.29) is 0 Å². The molecule has 3 atom stereocenters. The molecule has 1 aliphatic carbocycles. The molecular formula is C11H23N. The van der Waals surface area contributed by atoms with E-state index >= 15 is 0 Å². The first-order valence-corrected chi connectivity index (χ1v) is 5.31. The summed E-state index contributed by atoms with van der Waals surface area (Å²) < 4.78 is 0. The van der Waals surface area contributed by atoms with E-state index in [0.717, 1.165) is 5.92 Å². The monoisotopic (exact) mass is 169 g/mol. The predicted molar refractivity (Wildman–Crippen MR) is 54.0 cm³/mol. The molecule has 0 spiro atoms. The van der Waals surface area contributed by atoms with Crippen molar-refractivity contribution in [3.8, 4) is 0 Å². The van der Waals surface area contributed by atoms with E-state index in [1.54, 1.807) is 0 Å². The minimum absolute atomic E-state index is 0.463. The maximum absolute atomic E-state index is 6.03. The summed E-state index contributed by atoms with van der Waals surface area (Å²) in [6, 6.07) is 0.463. The molecule has 1 rings (SSSR count). The highest BCUT2D eigenvalue weighted by Gasteiger charge is 2.33. The SMILES string of the molecule is CCCC1(C)CC(N)C[C@@H](C)C1. The van der Waals surface area contributed by atoms with Crippen LogP contribution in [0.5, 0.6) is 0 Å². The average Bonchev–Trinajstić information content (AvgIpc) is 1.82. The van der Waals surface area contributed by atoms with Gasteiger partial charge in [-0.1, -0.05) is 27.2 Å². The van der Waals surface area contributed by atoms with Crippen LogP contribution < -0.4 is 5.73 Å². The molecule has 2 N–H and O–H groups in total. The predicted octanol–water partition coefficient (Wildman–Crippen LogP) is 2.94. The van der Waals surface area contributed by atoms with Gasteiger partial charge in [0, 0.05) is 6.04 Å². The highest BCUT2D eigenvalue weighted by Crippen LogP contribution is 2.41. The molecule has 0 heterocycles. The Bertz CT molecular complexity index is 132. The Kier molecular flexibility index (Phi) is 3.16. The van der Waals surface area contributed by atoms with Crippen molar-refractivity contribution in [3.63, 3.8) is 0 Å². The summed E-state index contributed by atoms with van der Waals surface area (Å²) >= 11 is 0. The van der Waals surface area contributed by atoms with Crippen LogP contribution in [-0.4, -0.2) is 6.04 Å². The third-order valence-corrected chi connectivity index (χ3v) is 3.15. The van der Waals surface area contributed by atoms with Gasteiger partial charge in [0.15, 0.2) is 0 Å². The lowest BCUT2D eigenvalue weighted by Crippen LogP contribution is -2.37. The van der Waals surface area contributed by atoms with Gasteiger partial charge in [0.05, 0.1) is 0 Å². The second kappa shape index (κ2) is 3.78. The molecule has 0 aliphatic heterocycles. The molecule has 1 nitrogen and oxygen atoms in total. The summed E-state index contributed by atoms with van der Waals surface area (Å²) in [6.07, 6.45) is 6.51. The number of rotatable bonds is 2. The quantitative estimate of drug-likeness (QED) is 0.675. The Morgan fingerprint density at radius 1 is 1.42 bits per heavy atom. The average molecular weight is 169 g/mol. The lowest BCUT2D eigenvalue weighted by molar-refractivity contribution is 0.136. The zero-order chi connectivity index (χ0) is 9.19. The van der Waals surface area contributed by atoms with Gasteiger partial charge in [0.25, 0.3) is 0 Å². The van der Waals surface area contributed by atoms with Crippen LogP contribution in [0, 0.1) is 11.3 Å². The van der Waals surface area contributed by atoms with Crippen LogP contribution in [0.2, 0.25) is 0 Å². The number of nitrogens with two attached hydrogens (primary N) is 1. The first-order valence-electron chi connectivity index (χ1n) is 5.31. The smallest absolute Gasteiger partial charge is 0.00465 e. The fraction of sp³-hybridized carbons (Fsp3) is 1.00. The van der Waals surface area contributed by atoms with Gasteiger partial charge in [0.2, 0.25) is 0 Å². The summed E-state index contributed by atoms with van der Waals surface area (Å²) in [6.45, 7) is 7.02. The maximum Gasteiger partial charge on any atom is 0.00465 e. The van der Waals surface area contributed by atoms with E-state index in [0.29, 0.717) is 11.5 Å². The Hall–Kier alpha value is -0.0400. The summed E-state index contributed by atoms with van der Waals surface area (Å²) in [4.78, 5) is 0. The second-order valence-electron chi connectivity index (χ2n) is 5.07. The third-order valence-electron chi connectivity index (χ3n) is 3.15. The molecule has 72 valence electrons. The summed E-state index contributed by atoms with van der Waals surface area (Å²) in [5.74, 6) is 0.838. The van der Waals surface area contributed by atoms with Crippen molar-refractivity contribution in [3.05, 3.63) is 0 Å².